The van der Waals surface area contributed by atoms with Gasteiger partial charge in [-0.25, -0.2) is 0 Å². The van der Waals surface area contributed by atoms with Crippen molar-refractivity contribution in [2.45, 2.75) is 69.9 Å². The monoisotopic (exact) mass is 275 g/mol. The van der Waals surface area contributed by atoms with Crippen LogP contribution in [0.1, 0.15) is 27.7 Å². The van der Waals surface area contributed by atoms with Crippen LogP contribution in [-0.4, -0.2) is 54.0 Å². The van der Waals surface area contributed by atoms with Crippen molar-refractivity contribution in [1.82, 2.24) is 5.48 Å². The molecular weight excluding hydrogens is 254 g/mol. The van der Waals surface area contributed by atoms with Gasteiger partial charge in [-0.05, 0) is 27.7 Å². The topological polar surface area (TPSA) is 78.4 Å². The van der Waals surface area contributed by atoms with Gasteiger partial charge in [0.2, 0.25) is 0 Å². The van der Waals surface area contributed by atoms with Crippen LogP contribution >= 0.6 is 0 Å². The Labute approximate surface area is 112 Å². The van der Waals surface area contributed by atoms with Crippen molar-refractivity contribution in [3.8, 4) is 0 Å². The second-order valence-electron chi connectivity index (χ2n) is 6.08. The van der Waals surface area contributed by atoms with Crippen molar-refractivity contribution in [2.24, 2.45) is 0 Å². The highest BCUT2D eigenvalue weighted by molar-refractivity contribution is 5.00. The molecule has 0 aromatic heterocycles. The molecule has 3 aliphatic heterocycles. The number of hydroxylamine groups is 1. The highest BCUT2D eigenvalue weighted by Gasteiger charge is 2.58. The molecule has 0 aromatic carbocycles. The minimum Gasteiger partial charge on any atom is -0.350 e. The third kappa shape index (κ3) is 2.40. The zero-order valence-corrected chi connectivity index (χ0v) is 11.6. The molecule has 3 saturated heterocycles. The summed E-state index contributed by atoms with van der Waals surface area (Å²) in [4.78, 5) is 0. The average Bonchev–Trinajstić information content (AvgIpc) is 2.89. The number of hydrogen-bond acceptors (Lipinski definition) is 7. The summed E-state index contributed by atoms with van der Waals surface area (Å²) >= 11 is 0. The van der Waals surface area contributed by atoms with Crippen LogP contribution < -0.4 is 5.48 Å². The maximum Gasteiger partial charge on any atom is 0.164 e. The van der Waals surface area contributed by atoms with E-state index in [0.717, 1.165) is 0 Å². The lowest BCUT2D eigenvalue weighted by atomic mass is 10.1. The normalized spacial score (nSPS) is 47.5. The van der Waals surface area contributed by atoms with E-state index in [-0.39, 0.29) is 24.4 Å². The summed E-state index contributed by atoms with van der Waals surface area (Å²) in [6.45, 7) is 7.83. The molecule has 3 rings (SSSR count). The molecule has 0 amide bonds. The molecule has 0 bridgehead atoms. The molecule has 0 spiro atoms. The number of hydrogen-bond donors (Lipinski definition) is 2. The Bertz CT molecular complexity index is 360. The molecule has 0 saturated carbocycles. The first-order chi connectivity index (χ1) is 8.81. The van der Waals surface area contributed by atoms with Crippen molar-refractivity contribution in [3.63, 3.8) is 0 Å². The fourth-order valence-electron chi connectivity index (χ4n) is 2.91. The van der Waals surface area contributed by atoms with Crippen LogP contribution in [0.3, 0.4) is 0 Å². The highest BCUT2D eigenvalue weighted by Crippen LogP contribution is 2.41. The van der Waals surface area contributed by atoms with Crippen LogP contribution in [0.2, 0.25) is 0 Å². The third-order valence-corrected chi connectivity index (χ3v) is 3.61. The molecule has 0 aliphatic carbocycles. The molecule has 3 fully saturated rings. The standard InChI is InChI=1S/C12H21NO6/c1-11(2)15-5-6(17-11)7-8-9(10(13-14)16-7)19-12(3,4)18-8/h6-10,13-14H,5H2,1-4H3/t6-,7-,8+,9+,10+/m0/s1. The first kappa shape index (κ1) is 13.7. The van der Waals surface area contributed by atoms with Crippen molar-refractivity contribution >= 4 is 0 Å². The lowest BCUT2D eigenvalue weighted by molar-refractivity contribution is -0.218. The SMILES string of the molecule is CC1(C)O[C@@H]2[C@H]([C@@H]3COC(C)(C)O3)O[C@@H](NO)[C@@H]2O1. The van der Waals surface area contributed by atoms with Gasteiger partial charge in [0.05, 0.1) is 6.61 Å². The highest BCUT2D eigenvalue weighted by atomic mass is 16.8. The van der Waals surface area contributed by atoms with Gasteiger partial charge in [0.1, 0.15) is 24.4 Å². The summed E-state index contributed by atoms with van der Waals surface area (Å²) in [6.07, 6.45) is -1.85. The summed E-state index contributed by atoms with van der Waals surface area (Å²) in [5, 5.41) is 9.16. The lowest BCUT2D eigenvalue weighted by Gasteiger charge is -2.26. The van der Waals surface area contributed by atoms with Gasteiger partial charge in [-0.15, -0.1) is 0 Å². The largest absolute Gasteiger partial charge is 0.350 e. The number of nitrogens with one attached hydrogen (secondary N) is 1. The number of fused-ring (bicyclic) bond motifs is 1. The van der Waals surface area contributed by atoms with Crippen LogP contribution in [0.4, 0.5) is 0 Å². The van der Waals surface area contributed by atoms with E-state index in [4.69, 9.17) is 28.9 Å². The van der Waals surface area contributed by atoms with Gasteiger partial charge in [0.25, 0.3) is 0 Å². The molecule has 0 radical (unpaired) electrons. The predicted octanol–water partition coefficient (Wildman–Crippen LogP) is 0.362. The predicted molar refractivity (Wildman–Crippen MR) is 62.3 cm³/mol. The van der Waals surface area contributed by atoms with Gasteiger partial charge >= 0.3 is 0 Å². The Kier molecular flexibility index (Phi) is 3.14. The molecule has 19 heavy (non-hydrogen) atoms. The van der Waals surface area contributed by atoms with E-state index in [1.54, 1.807) is 0 Å². The van der Waals surface area contributed by atoms with Crippen molar-refractivity contribution < 1.29 is 28.9 Å². The first-order valence-electron chi connectivity index (χ1n) is 6.54. The van der Waals surface area contributed by atoms with E-state index >= 15 is 0 Å². The Morgan fingerprint density at radius 3 is 2.21 bits per heavy atom. The summed E-state index contributed by atoms with van der Waals surface area (Å²) in [5.74, 6) is -1.31. The first-order valence-corrected chi connectivity index (χ1v) is 6.54. The fraction of sp³-hybridized carbons (Fsp3) is 1.00. The van der Waals surface area contributed by atoms with Crippen LogP contribution in [0, 0.1) is 0 Å². The molecule has 7 nitrogen and oxygen atoms in total. The zero-order valence-electron chi connectivity index (χ0n) is 11.6. The molecule has 0 unspecified atom stereocenters. The van der Waals surface area contributed by atoms with Crippen molar-refractivity contribution in [2.75, 3.05) is 6.61 Å². The minimum absolute atomic E-state index is 0.238. The average molecular weight is 275 g/mol. The van der Waals surface area contributed by atoms with Crippen LogP contribution in [0.25, 0.3) is 0 Å². The Morgan fingerprint density at radius 1 is 0.947 bits per heavy atom. The summed E-state index contributed by atoms with van der Waals surface area (Å²) in [7, 11) is 0. The Balaban J connectivity index is 1.76. The van der Waals surface area contributed by atoms with Crippen LogP contribution in [0.5, 0.6) is 0 Å². The van der Waals surface area contributed by atoms with E-state index in [1.165, 1.54) is 0 Å². The van der Waals surface area contributed by atoms with Crippen LogP contribution in [0.15, 0.2) is 0 Å². The smallest absolute Gasteiger partial charge is 0.164 e. The van der Waals surface area contributed by atoms with Gasteiger partial charge in [-0.2, -0.15) is 5.48 Å². The molecule has 2 N–H and O–H groups in total. The quantitative estimate of drug-likeness (QED) is 0.704. The summed E-state index contributed by atoms with van der Waals surface area (Å²) in [5.41, 5.74) is 2.12. The van der Waals surface area contributed by atoms with E-state index in [2.05, 4.69) is 5.48 Å². The van der Waals surface area contributed by atoms with E-state index in [1.807, 2.05) is 27.7 Å². The fourth-order valence-corrected chi connectivity index (χ4v) is 2.91. The maximum atomic E-state index is 9.16. The molecule has 0 aromatic rings. The second-order valence-corrected chi connectivity index (χ2v) is 6.08. The molecule has 3 aliphatic rings. The summed E-state index contributed by atoms with van der Waals surface area (Å²) < 4.78 is 28.7. The van der Waals surface area contributed by atoms with Gasteiger partial charge in [0, 0.05) is 0 Å². The number of rotatable bonds is 2. The van der Waals surface area contributed by atoms with E-state index in [9.17, 15) is 0 Å². The zero-order chi connectivity index (χ0) is 13.8. The second kappa shape index (κ2) is 4.36. The molecule has 5 atom stereocenters. The van der Waals surface area contributed by atoms with Crippen LogP contribution in [-0.2, 0) is 23.7 Å². The summed E-state index contributed by atoms with van der Waals surface area (Å²) in [6, 6.07) is 0. The molecular formula is C12H21NO6. The van der Waals surface area contributed by atoms with Gasteiger partial charge in [-0.3, -0.25) is 0 Å². The molecule has 110 valence electrons. The van der Waals surface area contributed by atoms with E-state index < -0.39 is 17.8 Å². The number of ether oxygens (including phenoxy) is 5. The van der Waals surface area contributed by atoms with Gasteiger partial charge in [0.15, 0.2) is 17.8 Å². The maximum absolute atomic E-state index is 9.16. The lowest BCUT2D eigenvalue weighted by Crippen LogP contribution is -2.40. The third-order valence-electron chi connectivity index (χ3n) is 3.61. The molecule has 7 heteroatoms. The van der Waals surface area contributed by atoms with Gasteiger partial charge < -0.3 is 28.9 Å². The molecule has 3 heterocycles. The van der Waals surface area contributed by atoms with Crippen molar-refractivity contribution in [3.05, 3.63) is 0 Å². The van der Waals surface area contributed by atoms with Gasteiger partial charge in [-0.1, -0.05) is 0 Å². The van der Waals surface area contributed by atoms with E-state index in [0.29, 0.717) is 6.61 Å². The minimum atomic E-state index is -0.693. The Hall–Kier alpha value is -0.280. The van der Waals surface area contributed by atoms with Crippen molar-refractivity contribution in [1.29, 1.82) is 0 Å². The Morgan fingerprint density at radius 2 is 1.63 bits per heavy atom.